The molecule has 0 aliphatic rings. The minimum atomic E-state index is -1.48. The summed E-state index contributed by atoms with van der Waals surface area (Å²) in [6.07, 6.45) is 3.41. The van der Waals surface area contributed by atoms with Gasteiger partial charge in [-0.1, -0.05) is 56.3 Å². The summed E-state index contributed by atoms with van der Waals surface area (Å²) in [6, 6.07) is 9.12. The lowest BCUT2D eigenvalue weighted by Gasteiger charge is -2.30. The Morgan fingerprint density at radius 1 is 0.733 bits per heavy atom. The number of carbonyl (C=O) groups is 6. The first-order valence-corrected chi connectivity index (χ1v) is 19.8. The lowest BCUT2D eigenvalue weighted by molar-refractivity contribution is -0.148. The van der Waals surface area contributed by atoms with Crippen LogP contribution in [0.15, 0.2) is 70.7 Å². The topological polar surface area (TPSA) is 251 Å². The Kier molecular flexibility index (Phi) is 20.9. The van der Waals surface area contributed by atoms with E-state index in [0.29, 0.717) is 29.9 Å². The van der Waals surface area contributed by atoms with E-state index in [1.165, 1.54) is 36.4 Å². The summed E-state index contributed by atoms with van der Waals surface area (Å²) < 4.78 is 13.9. The molecule has 2 aromatic carbocycles. The average Bonchev–Trinajstić information content (AvgIpc) is 3.17. The van der Waals surface area contributed by atoms with Crippen LogP contribution in [0.2, 0.25) is 0 Å². The van der Waals surface area contributed by atoms with Crippen LogP contribution in [0.1, 0.15) is 64.0 Å². The molecule has 18 heteroatoms. The van der Waals surface area contributed by atoms with Crippen LogP contribution in [0.25, 0.3) is 6.08 Å². The zero-order valence-electron chi connectivity index (χ0n) is 35.7. The highest BCUT2D eigenvalue weighted by atomic mass is 19.1. The van der Waals surface area contributed by atoms with E-state index in [2.05, 4.69) is 25.9 Å². The third-order valence-corrected chi connectivity index (χ3v) is 9.03. The van der Waals surface area contributed by atoms with E-state index in [1.54, 1.807) is 30.3 Å². The number of hydrogen-bond donors (Lipinski definition) is 6. The highest BCUT2D eigenvalue weighted by Gasteiger charge is 2.36. The summed E-state index contributed by atoms with van der Waals surface area (Å²) in [4.78, 5) is 94.5. The second kappa shape index (κ2) is 25.2. The van der Waals surface area contributed by atoms with Gasteiger partial charge in [-0.05, 0) is 67.4 Å². The molecule has 0 aromatic heterocycles. The van der Waals surface area contributed by atoms with Crippen molar-refractivity contribution in [2.45, 2.75) is 83.5 Å². The molecule has 0 aliphatic heterocycles. The Hall–Kier alpha value is -6.33. The van der Waals surface area contributed by atoms with E-state index < -0.39 is 65.4 Å². The van der Waals surface area contributed by atoms with Crippen molar-refractivity contribution in [3.05, 3.63) is 77.6 Å². The molecule has 0 bridgehead atoms. The number of guanidine groups is 2. The summed E-state index contributed by atoms with van der Waals surface area (Å²) >= 11 is 0. The molecule has 0 aliphatic carbocycles. The van der Waals surface area contributed by atoms with E-state index in [4.69, 9.17) is 17.2 Å². The Morgan fingerprint density at radius 2 is 1.27 bits per heavy atom. The van der Waals surface area contributed by atoms with Gasteiger partial charge in [0.15, 0.2) is 11.9 Å². The Bertz CT molecular complexity index is 1820. The van der Waals surface area contributed by atoms with Gasteiger partial charge in [-0.25, -0.2) is 4.39 Å². The highest BCUT2D eigenvalue weighted by molar-refractivity contribution is 6.06. The lowest BCUT2D eigenvalue weighted by atomic mass is 10.00. The molecule has 6 amide bonds. The number of amides is 6. The molecule has 0 spiro atoms. The molecule has 0 radical (unpaired) electrons. The van der Waals surface area contributed by atoms with E-state index in [-0.39, 0.29) is 50.7 Å². The lowest BCUT2D eigenvalue weighted by Crippen LogP contribution is -2.59. The van der Waals surface area contributed by atoms with Gasteiger partial charge in [-0.15, -0.1) is 0 Å². The second-order valence-electron chi connectivity index (χ2n) is 15.1. The van der Waals surface area contributed by atoms with Crippen LogP contribution in [-0.4, -0.2) is 128 Å². The zero-order chi connectivity index (χ0) is 44.9. The predicted molar refractivity (Wildman–Crippen MR) is 230 cm³/mol. The molecule has 2 aromatic rings. The number of aliphatic imine (C=N–C) groups is 2. The van der Waals surface area contributed by atoms with Crippen molar-refractivity contribution in [2.24, 2.45) is 33.1 Å². The fraction of sp³-hybridized carbons (Fsp3) is 0.476. The standard InChI is InChI=1S/C42H62FN11O6/c1-27(2)25-34(39(59)49-32(37(44)57)15-11-23-47-41(45)46)51-38(58)33(16-12-24-48-42(52(4)5)53(6)7)50-40(60)35(26-30-17-20-31(43)21-18-30)54(28(3)55)36(56)22-19-29-13-9-8-10-14-29/h8-10,13-14,17-22,27,32-35H,11-12,15-16,23-26H2,1-7H3,(H2,44,57)(H,49,59)(H,50,60)(H,51,58)(H4,45,46,47)/b22-19+/t32-,33+,34-,35-/m0/s1. The van der Waals surface area contributed by atoms with Crippen LogP contribution < -0.4 is 33.2 Å². The van der Waals surface area contributed by atoms with Crippen molar-refractivity contribution in [2.75, 3.05) is 41.3 Å². The maximum atomic E-state index is 14.4. The van der Waals surface area contributed by atoms with E-state index in [9.17, 15) is 33.2 Å². The molecular weight excluding hydrogens is 774 g/mol. The summed E-state index contributed by atoms with van der Waals surface area (Å²) in [5, 5.41) is 8.12. The quantitative estimate of drug-likeness (QED) is 0.0427. The minimum Gasteiger partial charge on any atom is -0.370 e. The number of carbonyl (C=O) groups excluding carboxylic acids is 6. The van der Waals surface area contributed by atoms with Gasteiger partial charge in [0.1, 0.15) is 30.0 Å². The maximum Gasteiger partial charge on any atom is 0.253 e. The van der Waals surface area contributed by atoms with E-state index >= 15 is 0 Å². The largest absolute Gasteiger partial charge is 0.370 e. The van der Waals surface area contributed by atoms with Crippen molar-refractivity contribution < 1.29 is 33.2 Å². The Labute approximate surface area is 352 Å². The molecule has 60 heavy (non-hydrogen) atoms. The smallest absolute Gasteiger partial charge is 0.253 e. The number of hydrogen-bond acceptors (Lipinski definition) is 8. The fourth-order valence-corrected chi connectivity index (χ4v) is 6.22. The van der Waals surface area contributed by atoms with Gasteiger partial charge in [0, 0.05) is 60.7 Å². The van der Waals surface area contributed by atoms with Crippen LogP contribution in [0.4, 0.5) is 4.39 Å². The SMILES string of the molecule is CC(=O)N(C(=O)/C=C/c1ccccc1)[C@@H](Cc1ccc(F)cc1)C(=O)N[C@H](CCCN=C(N(C)C)N(C)C)C(=O)N[C@@H](CC(C)C)C(=O)N[C@@H](CCCN=C(N)N)C(N)=O. The highest BCUT2D eigenvalue weighted by Crippen LogP contribution is 2.15. The van der Waals surface area contributed by atoms with Gasteiger partial charge in [0.05, 0.1) is 0 Å². The first-order chi connectivity index (χ1) is 28.3. The number of nitrogens with one attached hydrogen (secondary N) is 3. The van der Waals surface area contributed by atoms with Gasteiger partial charge >= 0.3 is 0 Å². The zero-order valence-corrected chi connectivity index (χ0v) is 35.7. The van der Waals surface area contributed by atoms with Gasteiger partial charge in [0.25, 0.3) is 5.91 Å². The number of imide groups is 1. The van der Waals surface area contributed by atoms with Crippen LogP contribution in [-0.2, 0) is 35.2 Å². The van der Waals surface area contributed by atoms with Gasteiger partial charge in [-0.2, -0.15) is 0 Å². The third kappa shape index (κ3) is 17.7. The van der Waals surface area contributed by atoms with E-state index in [0.717, 1.165) is 11.8 Å². The molecule has 9 N–H and O–H groups in total. The Balaban J connectivity index is 2.54. The van der Waals surface area contributed by atoms with Crippen molar-refractivity contribution in [1.82, 2.24) is 30.7 Å². The fourth-order valence-electron chi connectivity index (χ4n) is 6.22. The third-order valence-electron chi connectivity index (χ3n) is 9.03. The van der Waals surface area contributed by atoms with Crippen LogP contribution in [0, 0.1) is 11.7 Å². The monoisotopic (exact) mass is 835 g/mol. The van der Waals surface area contributed by atoms with Crippen LogP contribution in [0.5, 0.6) is 0 Å². The summed E-state index contributed by atoms with van der Waals surface area (Å²) in [7, 11) is 7.33. The number of nitrogens with zero attached hydrogens (tertiary/aromatic N) is 5. The van der Waals surface area contributed by atoms with E-state index in [1.807, 2.05) is 51.8 Å². The minimum absolute atomic E-state index is 0.0329. The molecule has 2 rings (SSSR count). The molecule has 0 saturated carbocycles. The van der Waals surface area contributed by atoms with Crippen molar-refractivity contribution >= 4 is 53.4 Å². The first-order valence-electron chi connectivity index (χ1n) is 19.8. The second-order valence-corrected chi connectivity index (χ2v) is 15.1. The molecule has 0 fully saturated rings. The summed E-state index contributed by atoms with van der Waals surface area (Å²) in [5.41, 5.74) is 17.5. The van der Waals surface area contributed by atoms with Crippen molar-refractivity contribution in [1.29, 1.82) is 0 Å². The first kappa shape index (κ1) is 49.8. The molecular formula is C42H62FN11O6. The maximum absolute atomic E-state index is 14.4. The molecule has 0 unspecified atom stereocenters. The number of rotatable bonds is 22. The number of nitrogens with two attached hydrogens (primary N) is 3. The van der Waals surface area contributed by atoms with Gasteiger partial charge < -0.3 is 43.0 Å². The van der Waals surface area contributed by atoms with Crippen LogP contribution in [0.3, 0.4) is 0 Å². The molecule has 4 atom stereocenters. The van der Waals surface area contributed by atoms with Crippen molar-refractivity contribution in [3.8, 4) is 0 Å². The number of benzene rings is 2. The van der Waals surface area contributed by atoms with Crippen molar-refractivity contribution in [3.63, 3.8) is 0 Å². The molecule has 0 heterocycles. The summed E-state index contributed by atoms with van der Waals surface area (Å²) in [5.74, 6) is -4.67. The van der Waals surface area contributed by atoms with Gasteiger partial charge in [-0.3, -0.25) is 43.7 Å². The molecule has 328 valence electrons. The number of primary amides is 1. The summed E-state index contributed by atoms with van der Waals surface area (Å²) in [6.45, 7) is 5.28. The normalized spacial score (nSPS) is 12.9. The van der Waals surface area contributed by atoms with Gasteiger partial charge in [0.2, 0.25) is 29.5 Å². The predicted octanol–water partition coefficient (Wildman–Crippen LogP) is 1.12. The Morgan fingerprint density at radius 3 is 1.80 bits per heavy atom. The van der Waals surface area contributed by atoms with Crippen LogP contribution >= 0.6 is 0 Å². The average molecular weight is 836 g/mol. The molecule has 0 saturated heterocycles. The number of halogens is 1. The molecule has 17 nitrogen and oxygen atoms in total.